The van der Waals surface area contributed by atoms with E-state index in [1.165, 1.54) is 18.4 Å². The van der Waals surface area contributed by atoms with Crippen LogP contribution in [0.3, 0.4) is 0 Å². The second-order valence-electron chi connectivity index (χ2n) is 4.46. The molecule has 0 spiro atoms. The van der Waals surface area contributed by atoms with Gasteiger partial charge < -0.3 is 5.32 Å². The van der Waals surface area contributed by atoms with Crippen LogP contribution in [0.5, 0.6) is 0 Å². The molecule has 16 heavy (non-hydrogen) atoms. The Kier molecular flexibility index (Phi) is 4.02. The lowest BCUT2D eigenvalue weighted by Gasteiger charge is -2.09. The summed E-state index contributed by atoms with van der Waals surface area (Å²) in [5.41, 5.74) is 3.01. The molecule has 1 N–H and O–H groups in total. The van der Waals surface area contributed by atoms with Crippen molar-refractivity contribution in [2.45, 2.75) is 38.1 Å². The Hall–Kier alpha value is -1.26. The Morgan fingerprint density at radius 2 is 2.12 bits per heavy atom. The number of hydrogen-bond donors (Lipinski definition) is 1. The largest absolute Gasteiger partial charge is 0.313 e. The van der Waals surface area contributed by atoms with Crippen LogP contribution in [0.2, 0.25) is 0 Å². The molecular weight excluding hydrogens is 194 g/mol. The van der Waals surface area contributed by atoms with Crippen molar-refractivity contribution in [1.29, 1.82) is 0 Å². The molecule has 0 unspecified atom stereocenters. The van der Waals surface area contributed by atoms with E-state index < -0.39 is 0 Å². The number of benzene rings is 1. The maximum Gasteiger partial charge on any atom is 0.0208 e. The van der Waals surface area contributed by atoms with Gasteiger partial charge in [-0.1, -0.05) is 24.3 Å². The fraction of sp³-hybridized carbons (Fsp3) is 0.467. The molecule has 0 radical (unpaired) electrons. The van der Waals surface area contributed by atoms with Crippen molar-refractivity contribution >= 4 is 0 Å². The highest BCUT2D eigenvalue weighted by Gasteiger charge is 2.25. The molecule has 1 saturated carbocycles. The average molecular weight is 213 g/mol. The van der Waals surface area contributed by atoms with Crippen molar-refractivity contribution in [2.24, 2.45) is 0 Å². The second kappa shape index (κ2) is 5.72. The maximum atomic E-state index is 5.22. The fourth-order valence-corrected chi connectivity index (χ4v) is 2.03. The van der Waals surface area contributed by atoms with Crippen LogP contribution in [0.25, 0.3) is 0 Å². The van der Waals surface area contributed by atoms with Crippen molar-refractivity contribution in [2.75, 3.05) is 6.54 Å². The molecule has 1 aliphatic rings. The molecule has 1 aromatic rings. The van der Waals surface area contributed by atoms with Gasteiger partial charge in [-0.15, -0.1) is 12.3 Å². The number of rotatable bonds is 6. The second-order valence-corrected chi connectivity index (χ2v) is 4.46. The number of unbranched alkanes of at least 4 members (excludes halogenated alkanes) is 1. The third kappa shape index (κ3) is 3.12. The van der Waals surface area contributed by atoms with E-state index in [2.05, 4.69) is 35.5 Å². The first-order chi connectivity index (χ1) is 7.92. The minimum absolute atomic E-state index is 0.837. The molecule has 1 fully saturated rings. The first-order valence-electron chi connectivity index (χ1n) is 6.14. The lowest BCUT2D eigenvalue weighted by Crippen LogP contribution is -2.15. The van der Waals surface area contributed by atoms with Crippen LogP contribution in [-0.4, -0.2) is 6.54 Å². The van der Waals surface area contributed by atoms with Gasteiger partial charge in [0.2, 0.25) is 0 Å². The highest BCUT2D eigenvalue weighted by atomic mass is 14.8. The van der Waals surface area contributed by atoms with E-state index in [0.717, 1.165) is 31.8 Å². The van der Waals surface area contributed by atoms with Gasteiger partial charge in [-0.05, 0) is 42.9 Å². The normalized spacial score (nSPS) is 14.7. The Balaban J connectivity index is 1.82. The summed E-state index contributed by atoms with van der Waals surface area (Å²) in [7, 11) is 0. The first kappa shape index (κ1) is 11.2. The molecule has 1 nitrogen and oxygen atoms in total. The van der Waals surface area contributed by atoms with Gasteiger partial charge >= 0.3 is 0 Å². The third-order valence-corrected chi connectivity index (χ3v) is 3.06. The molecule has 0 heterocycles. The van der Waals surface area contributed by atoms with Gasteiger partial charge in [0.15, 0.2) is 0 Å². The van der Waals surface area contributed by atoms with Crippen LogP contribution < -0.4 is 5.32 Å². The molecule has 0 saturated heterocycles. The number of hydrogen-bond acceptors (Lipinski definition) is 1. The Bertz CT molecular complexity index is 371. The summed E-state index contributed by atoms with van der Waals surface area (Å²) in [4.78, 5) is 0. The van der Waals surface area contributed by atoms with Gasteiger partial charge in [0.25, 0.3) is 0 Å². The van der Waals surface area contributed by atoms with Crippen molar-refractivity contribution < 1.29 is 0 Å². The molecule has 1 heteroatoms. The molecule has 1 aliphatic carbocycles. The summed E-state index contributed by atoms with van der Waals surface area (Å²) >= 11 is 0. The fourth-order valence-electron chi connectivity index (χ4n) is 2.03. The third-order valence-electron chi connectivity index (χ3n) is 3.06. The van der Waals surface area contributed by atoms with E-state index in [9.17, 15) is 0 Å². The standard InChI is InChI=1S/C15H19N/c1-2-3-6-11-16-12-14-7-4-5-8-15(14)13-9-10-13/h1,4-5,7-8,13,16H,3,6,9-12H2. The van der Waals surface area contributed by atoms with Crippen LogP contribution in [0.15, 0.2) is 24.3 Å². The highest BCUT2D eigenvalue weighted by molar-refractivity contribution is 5.33. The Morgan fingerprint density at radius 1 is 1.31 bits per heavy atom. The zero-order valence-corrected chi connectivity index (χ0v) is 9.71. The zero-order valence-electron chi connectivity index (χ0n) is 9.71. The molecule has 2 rings (SSSR count). The summed E-state index contributed by atoms with van der Waals surface area (Å²) in [6.45, 7) is 2.00. The van der Waals surface area contributed by atoms with Crippen molar-refractivity contribution in [3.8, 4) is 12.3 Å². The van der Waals surface area contributed by atoms with Crippen molar-refractivity contribution in [3.63, 3.8) is 0 Å². The summed E-state index contributed by atoms with van der Waals surface area (Å²) in [6, 6.07) is 8.79. The molecule has 0 aromatic heterocycles. The first-order valence-corrected chi connectivity index (χ1v) is 6.14. The van der Waals surface area contributed by atoms with Gasteiger partial charge in [0, 0.05) is 13.0 Å². The van der Waals surface area contributed by atoms with Crippen LogP contribution in [0, 0.1) is 12.3 Å². The van der Waals surface area contributed by atoms with Gasteiger partial charge in [-0.3, -0.25) is 0 Å². The smallest absolute Gasteiger partial charge is 0.0208 e. The maximum absolute atomic E-state index is 5.22. The van der Waals surface area contributed by atoms with Gasteiger partial charge in [0.1, 0.15) is 0 Å². The minimum Gasteiger partial charge on any atom is -0.313 e. The van der Waals surface area contributed by atoms with Gasteiger partial charge in [-0.2, -0.15) is 0 Å². The molecule has 0 bridgehead atoms. The van der Waals surface area contributed by atoms with E-state index in [0.29, 0.717) is 0 Å². The monoisotopic (exact) mass is 213 g/mol. The highest BCUT2D eigenvalue weighted by Crippen LogP contribution is 2.41. The Labute approximate surface area is 98.3 Å². The predicted molar refractivity (Wildman–Crippen MR) is 68.2 cm³/mol. The van der Waals surface area contributed by atoms with Gasteiger partial charge in [-0.25, -0.2) is 0 Å². The molecular formula is C15H19N. The van der Waals surface area contributed by atoms with E-state index in [4.69, 9.17) is 6.42 Å². The summed E-state index contributed by atoms with van der Waals surface area (Å²) in [5, 5.41) is 3.46. The van der Waals surface area contributed by atoms with E-state index >= 15 is 0 Å². The van der Waals surface area contributed by atoms with Crippen LogP contribution in [0.4, 0.5) is 0 Å². The summed E-state index contributed by atoms with van der Waals surface area (Å²) in [5.74, 6) is 3.50. The zero-order chi connectivity index (χ0) is 11.2. The summed E-state index contributed by atoms with van der Waals surface area (Å²) in [6.07, 6.45) is 9.90. The van der Waals surface area contributed by atoms with E-state index in [1.54, 1.807) is 5.56 Å². The molecule has 0 atom stereocenters. The van der Waals surface area contributed by atoms with Gasteiger partial charge in [0.05, 0.1) is 0 Å². The average Bonchev–Trinajstić information content (AvgIpc) is 3.13. The Morgan fingerprint density at radius 3 is 2.88 bits per heavy atom. The number of terminal acetylenes is 1. The van der Waals surface area contributed by atoms with Crippen LogP contribution in [-0.2, 0) is 6.54 Å². The van der Waals surface area contributed by atoms with Crippen LogP contribution in [0.1, 0.15) is 42.7 Å². The predicted octanol–water partition coefficient (Wildman–Crippen LogP) is 3.07. The molecule has 84 valence electrons. The number of nitrogens with one attached hydrogen (secondary N) is 1. The molecule has 1 aromatic carbocycles. The molecule has 0 aliphatic heterocycles. The van der Waals surface area contributed by atoms with Crippen molar-refractivity contribution in [3.05, 3.63) is 35.4 Å². The summed E-state index contributed by atoms with van der Waals surface area (Å²) < 4.78 is 0. The molecule has 0 amide bonds. The topological polar surface area (TPSA) is 12.0 Å². The van der Waals surface area contributed by atoms with E-state index in [-0.39, 0.29) is 0 Å². The minimum atomic E-state index is 0.837. The van der Waals surface area contributed by atoms with Crippen LogP contribution >= 0.6 is 0 Å². The lowest BCUT2D eigenvalue weighted by atomic mass is 10.0. The van der Waals surface area contributed by atoms with E-state index in [1.807, 2.05) is 0 Å². The quantitative estimate of drug-likeness (QED) is 0.565. The lowest BCUT2D eigenvalue weighted by molar-refractivity contribution is 0.655. The van der Waals surface area contributed by atoms with Crippen molar-refractivity contribution in [1.82, 2.24) is 5.32 Å². The SMILES string of the molecule is C#CCCCNCc1ccccc1C1CC1.